The Morgan fingerprint density at radius 3 is 2.37 bits per heavy atom. The van der Waals surface area contributed by atoms with Gasteiger partial charge in [0.15, 0.2) is 0 Å². The molecule has 0 aliphatic carbocycles. The number of hydrogen-bond acceptors (Lipinski definition) is 3. The zero-order valence-corrected chi connectivity index (χ0v) is 11.3. The van der Waals surface area contributed by atoms with Gasteiger partial charge in [0.05, 0.1) is 17.8 Å². The van der Waals surface area contributed by atoms with Crippen molar-refractivity contribution in [2.24, 2.45) is 0 Å². The number of pyridine rings is 1. The third-order valence-corrected chi connectivity index (χ3v) is 3.05. The molecule has 0 saturated carbocycles. The second-order valence-electron chi connectivity index (χ2n) is 4.70. The summed E-state index contributed by atoms with van der Waals surface area (Å²) in [6, 6.07) is 1.86. The Labute approximate surface area is 114 Å². The van der Waals surface area contributed by atoms with Gasteiger partial charge in [-0.25, -0.2) is 4.98 Å². The molecule has 1 aromatic heterocycles. The zero-order chi connectivity index (χ0) is 14.2. The molecule has 2 rings (SSSR count). The maximum Gasteiger partial charge on any atom is 0.416 e. The first-order valence-corrected chi connectivity index (χ1v) is 6.28. The van der Waals surface area contributed by atoms with Crippen LogP contribution in [0.15, 0.2) is 12.1 Å². The molecule has 0 radical (unpaired) electrons. The van der Waals surface area contributed by atoms with Gasteiger partial charge in [-0.2, -0.15) is 13.2 Å². The van der Waals surface area contributed by atoms with E-state index in [-0.39, 0.29) is 23.2 Å². The lowest BCUT2D eigenvalue weighted by Gasteiger charge is -2.36. The molecule has 19 heavy (non-hydrogen) atoms. The molecule has 1 aliphatic rings. The minimum Gasteiger partial charge on any atom is -0.372 e. The van der Waals surface area contributed by atoms with E-state index in [4.69, 9.17) is 16.3 Å². The number of ether oxygens (including phenoxy) is 1. The molecular formula is C12H14ClF3N2O. The highest BCUT2D eigenvalue weighted by molar-refractivity contribution is 6.29. The number of halogens is 4. The molecule has 0 amide bonds. The number of alkyl halides is 3. The molecule has 106 valence electrons. The molecule has 3 nitrogen and oxygen atoms in total. The lowest BCUT2D eigenvalue weighted by atomic mass is 10.2. The molecule has 1 aliphatic heterocycles. The average molecular weight is 295 g/mol. The number of aromatic nitrogens is 1. The molecular weight excluding hydrogens is 281 g/mol. The highest BCUT2D eigenvalue weighted by Gasteiger charge is 2.33. The van der Waals surface area contributed by atoms with E-state index < -0.39 is 11.7 Å². The van der Waals surface area contributed by atoms with Gasteiger partial charge in [-0.3, -0.25) is 0 Å². The van der Waals surface area contributed by atoms with E-state index in [1.807, 2.05) is 13.8 Å². The molecule has 7 heteroatoms. The number of hydrogen-bond donors (Lipinski definition) is 0. The van der Waals surface area contributed by atoms with Crippen molar-refractivity contribution in [1.82, 2.24) is 4.98 Å². The Morgan fingerprint density at radius 1 is 1.26 bits per heavy atom. The van der Waals surface area contributed by atoms with Crippen LogP contribution in [0.3, 0.4) is 0 Å². The highest BCUT2D eigenvalue weighted by atomic mass is 35.5. The largest absolute Gasteiger partial charge is 0.416 e. The minimum absolute atomic E-state index is 0.0566. The average Bonchev–Trinajstić information content (AvgIpc) is 2.25. The van der Waals surface area contributed by atoms with E-state index in [0.29, 0.717) is 13.1 Å². The van der Waals surface area contributed by atoms with Gasteiger partial charge >= 0.3 is 6.18 Å². The summed E-state index contributed by atoms with van der Waals surface area (Å²) in [5.41, 5.74) is -0.783. The van der Waals surface area contributed by atoms with Gasteiger partial charge in [-0.15, -0.1) is 0 Å². The van der Waals surface area contributed by atoms with Crippen molar-refractivity contribution in [2.75, 3.05) is 18.0 Å². The summed E-state index contributed by atoms with van der Waals surface area (Å²) in [6.45, 7) is 4.74. The molecule has 0 bridgehead atoms. The third-order valence-electron chi connectivity index (χ3n) is 2.85. The Kier molecular flexibility index (Phi) is 3.92. The fourth-order valence-electron chi connectivity index (χ4n) is 2.17. The summed E-state index contributed by atoms with van der Waals surface area (Å²) < 4.78 is 43.8. The quantitative estimate of drug-likeness (QED) is 0.743. The summed E-state index contributed by atoms with van der Waals surface area (Å²) in [6.07, 6.45) is -4.54. The van der Waals surface area contributed by atoms with Gasteiger partial charge in [-0.1, -0.05) is 11.6 Å². The van der Waals surface area contributed by atoms with Gasteiger partial charge < -0.3 is 9.64 Å². The number of nitrogens with zero attached hydrogens (tertiary/aromatic N) is 2. The lowest BCUT2D eigenvalue weighted by Crippen LogP contribution is -2.45. The van der Waals surface area contributed by atoms with Gasteiger partial charge in [0.2, 0.25) is 0 Å². The number of rotatable bonds is 1. The van der Waals surface area contributed by atoms with Gasteiger partial charge in [0.1, 0.15) is 11.0 Å². The van der Waals surface area contributed by atoms with Crippen molar-refractivity contribution in [3.8, 4) is 0 Å². The standard InChI is InChI=1S/C12H14ClF3N2O/c1-7-5-18(6-8(2)19-7)11-4-9(12(14,15)16)3-10(13)17-11/h3-4,7-8H,5-6H2,1-2H3/t7-,8+. The first-order valence-electron chi connectivity index (χ1n) is 5.91. The summed E-state index contributed by atoms with van der Waals surface area (Å²) >= 11 is 5.68. The van der Waals surface area contributed by atoms with E-state index in [2.05, 4.69) is 4.98 Å². The van der Waals surface area contributed by atoms with Crippen LogP contribution in [0, 0.1) is 0 Å². The number of anilines is 1. The molecule has 2 heterocycles. The molecule has 0 N–H and O–H groups in total. The molecule has 1 saturated heterocycles. The highest BCUT2D eigenvalue weighted by Crippen LogP contribution is 2.33. The van der Waals surface area contributed by atoms with Crippen LogP contribution < -0.4 is 4.90 Å². The predicted molar refractivity (Wildman–Crippen MR) is 66.5 cm³/mol. The Hall–Kier alpha value is -1.01. The predicted octanol–water partition coefficient (Wildman–Crippen LogP) is 3.37. The fourth-order valence-corrected chi connectivity index (χ4v) is 2.38. The summed E-state index contributed by atoms with van der Waals surface area (Å²) in [4.78, 5) is 5.74. The lowest BCUT2D eigenvalue weighted by molar-refractivity contribution is -0.137. The summed E-state index contributed by atoms with van der Waals surface area (Å²) in [5, 5.41) is -0.156. The normalized spacial score (nSPS) is 24.6. The van der Waals surface area contributed by atoms with Crippen molar-refractivity contribution in [3.63, 3.8) is 0 Å². The van der Waals surface area contributed by atoms with Gasteiger partial charge in [0.25, 0.3) is 0 Å². The Bertz CT molecular complexity index is 457. The van der Waals surface area contributed by atoms with E-state index in [9.17, 15) is 13.2 Å². The van der Waals surface area contributed by atoms with Crippen molar-refractivity contribution >= 4 is 17.4 Å². The monoisotopic (exact) mass is 294 g/mol. The zero-order valence-electron chi connectivity index (χ0n) is 10.5. The van der Waals surface area contributed by atoms with E-state index in [0.717, 1.165) is 12.1 Å². The maximum atomic E-state index is 12.7. The van der Waals surface area contributed by atoms with Crippen LogP contribution >= 0.6 is 11.6 Å². The molecule has 2 atom stereocenters. The van der Waals surface area contributed by atoms with Crippen molar-refractivity contribution in [2.45, 2.75) is 32.2 Å². The molecule has 1 aromatic rings. The SMILES string of the molecule is C[C@@H]1CN(c2cc(C(F)(F)F)cc(Cl)n2)C[C@H](C)O1. The second kappa shape index (κ2) is 5.17. The van der Waals surface area contributed by atoms with Crippen LogP contribution in [0.4, 0.5) is 19.0 Å². The van der Waals surface area contributed by atoms with Crippen LogP contribution in [-0.2, 0) is 10.9 Å². The number of morpholine rings is 1. The van der Waals surface area contributed by atoms with Gasteiger partial charge in [-0.05, 0) is 26.0 Å². The van der Waals surface area contributed by atoms with Crippen LogP contribution in [-0.4, -0.2) is 30.3 Å². The van der Waals surface area contributed by atoms with Crippen molar-refractivity contribution in [3.05, 3.63) is 22.8 Å². The van der Waals surface area contributed by atoms with E-state index in [1.165, 1.54) is 0 Å². The summed E-state index contributed by atoms with van der Waals surface area (Å²) in [7, 11) is 0. The molecule has 0 aromatic carbocycles. The third kappa shape index (κ3) is 3.51. The van der Waals surface area contributed by atoms with E-state index in [1.54, 1.807) is 4.90 Å². The van der Waals surface area contributed by atoms with E-state index >= 15 is 0 Å². The van der Waals surface area contributed by atoms with Crippen molar-refractivity contribution in [1.29, 1.82) is 0 Å². The smallest absolute Gasteiger partial charge is 0.372 e. The van der Waals surface area contributed by atoms with Crippen molar-refractivity contribution < 1.29 is 17.9 Å². The molecule has 0 unspecified atom stereocenters. The minimum atomic E-state index is -4.43. The molecule has 0 spiro atoms. The Balaban J connectivity index is 2.31. The molecule has 1 fully saturated rings. The fraction of sp³-hybridized carbons (Fsp3) is 0.583. The second-order valence-corrected chi connectivity index (χ2v) is 5.08. The van der Waals surface area contributed by atoms with Gasteiger partial charge in [0, 0.05) is 13.1 Å². The topological polar surface area (TPSA) is 25.4 Å². The van der Waals surface area contributed by atoms with Crippen LogP contribution in [0.1, 0.15) is 19.4 Å². The maximum absolute atomic E-state index is 12.7. The first kappa shape index (κ1) is 14.4. The Morgan fingerprint density at radius 2 is 1.84 bits per heavy atom. The van der Waals surface area contributed by atoms with Crippen LogP contribution in [0.25, 0.3) is 0 Å². The van der Waals surface area contributed by atoms with Crippen LogP contribution in [0.5, 0.6) is 0 Å². The van der Waals surface area contributed by atoms with Crippen LogP contribution in [0.2, 0.25) is 5.15 Å². The summed E-state index contributed by atoms with van der Waals surface area (Å²) in [5.74, 6) is 0.238. The first-order chi connectivity index (χ1) is 8.75.